The van der Waals surface area contributed by atoms with Crippen molar-refractivity contribution in [3.8, 4) is 0 Å². The predicted molar refractivity (Wildman–Crippen MR) is 110 cm³/mol. The highest BCUT2D eigenvalue weighted by molar-refractivity contribution is 7.99. The van der Waals surface area contributed by atoms with Gasteiger partial charge in [0.25, 0.3) is 5.91 Å². The molecule has 3 fully saturated rings. The van der Waals surface area contributed by atoms with Gasteiger partial charge in [0.15, 0.2) is 5.78 Å². The van der Waals surface area contributed by atoms with E-state index < -0.39 is 0 Å². The Morgan fingerprint density at radius 3 is 2.32 bits per heavy atom. The standard InChI is InChI=1S/C22H25N3O2S/c1-14-21(16-9-11-25(14)12-10-16)24-22(27)17-3-6-19(7-4-17)28-20-8-5-18(13-23-20)15(2)26/h3-8,13-14,16,21H,9-12H2,1-2H3,(H,24,27)/t14-,21-/m0/s1. The van der Waals surface area contributed by atoms with Crippen LogP contribution in [0.3, 0.4) is 0 Å². The summed E-state index contributed by atoms with van der Waals surface area (Å²) in [6, 6.07) is 11.9. The molecule has 3 saturated heterocycles. The number of benzene rings is 1. The molecule has 146 valence electrons. The Balaban J connectivity index is 1.38. The Labute approximate surface area is 169 Å². The first-order valence-corrected chi connectivity index (χ1v) is 10.6. The molecule has 2 aromatic rings. The van der Waals surface area contributed by atoms with Crippen molar-refractivity contribution in [1.29, 1.82) is 0 Å². The minimum absolute atomic E-state index is 0.00564. The van der Waals surface area contributed by atoms with E-state index in [2.05, 4.69) is 22.1 Å². The molecule has 0 radical (unpaired) electrons. The van der Waals surface area contributed by atoms with E-state index in [1.807, 2.05) is 30.3 Å². The number of nitrogens with one attached hydrogen (secondary N) is 1. The van der Waals surface area contributed by atoms with Gasteiger partial charge in [-0.3, -0.25) is 14.5 Å². The molecule has 1 amide bonds. The van der Waals surface area contributed by atoms with Crippen molar-refractivity contribution < 1.29 is 9.59 Å². The van der Waals surface area contributed by atoms with E-state index in [0.717, 1.165) is 23.0 Å². The van der Waals surface area contributed by atoms with E-state index >= 15 is 0 Å². The van der Waals surface area contributed by atoms with E-state index in [-0.39, 0.29) is 17.7 Å². The number of hydrogen-bond donors (Lipinski definition) is 1. The van der Waals surface area contributed by atoms with Crippen LogP contribution in [0.4, 0.5) is 0 Å². The maximum atomic E-state index is 12.7. The molecule has 3 aliphatic heterocycles. The number of carbonyl (C=O) groups is 2. The van der Waals surface area contributed by atoms with Crippen LogP contribution in [-0.4, -0.2) is 46.7 Å². The van der Waals surface area contributed by atoms with Crippen LogP contribution < -0.4 is 5.32 Å². The average molecular weight is 396 g/mol. The average Bonchev–Trinajstić information content (AvgIpc) is 2.72. The molecular weight excluding hydrogens is 370 g/mol. The van der Waals surface area contributed by atoms with Gasteiger partial charge in [-0.25, -0.2) is 4.98 Å². The number of carbonyl (C=O) groups excluding carboxylic acids is 2. The lowest BCUT2D eigenvalue weighted by Gasteiger charge is -2.49. The molecular formula is C22H25N3O2S. The van der Waals surface area contributed by atoms with Crippen LogP contribution in [0.5, 0.6) is 0 Å². The highest BCUT2D eigenvalue weighted by Gasteiger charge is 2.40. The fourth-order valence-corrected chi connectivity index (χ4v) is 4.98. The summed E-state index contributed by atoms with van der Waals surface area (Å²) in [5, 5.41) is 4.09. The third-order valence-electron chi connectivity index (χ3n) is 5.96. The molecule has 0 spiro atoms. The number of hydrogen-bond acceptors (Lipinski definition) is 5. The van der Waals surface area contributed by atoms with Gasteiger partial charge in [0, 0.05) is 34.3 Å². The van der Waals surface area contributed by atoms with Gasteiger partial charge in [-0.1, -0.05) is 11.8 Å². The lowest BCUT2D eigenvalue weighted by molar-refractivity contribution is 0.0217. The second kappa shape index (κ2) is 8.05. The lowest BCUT2D eigenvalue weighted by Crippen LogP contribution is -2.62. The molecule has 0 aliphatic carbocycles. The van der Waals surface area contributed by atoms with Crippen molar-refractivity contribution in [2.75, 3.05) is 13.1 Å². The SMILES string of the molecule is CC(=O)c1ccc(Sc2ccc(C(=O)N[C@@H]3C4CCN(CC4)[C@H]3C)cc2)nc1. The third-order valence-corrected chi connectivity index (χ3v) is 6.92. The highest BCUT2D eigenvalue weighted by Crippen LogP contribution is 2.32. The topological polar surface area (TPSA) is 62.3 Å². The van der Waals surface area contributed by atoms with Gasteiger partial charge in [0.2, 0.25) is 0 Å². The van der Waals surface area contributed by atoms with Gasteiger partial charge in [-0.2, -0.15) is 0 Å². The molecule has 5 rings (SSSR count). The molecule has 3 aliphatic rings. The second-order valence-corrected chi connectivity index (χ2v) is 8.77. The van der Waals surface area contributed by atoms with Gasteiger partial charge in [0.1, 0.15) is 5.03 Å². The quantitative estimate of drug-likeness (QED) is 0.783. The molecule has 5 nitrogen and oxygen atoms in total. The molecule has 1 aromatic carbocycles. The van der Waals surface area contributed by atoms with Crippen molar-refractivity contribution in [3.63, 3.8) is 0 Å². The fourth-order valence-electron chi connectivity index (χ4n) is 4.22. The number of rotatable bonds is 5. The van der Waals surface area contributed by atoms with Crippen LogP contribution in [0.25, 0.3) is 0 Å². The van der Waals surface area contributed by atoms with Crippen LogP contribution in [0.15, 0.2) is 52.5 Å². The summed E-state index contributed by atoms with van der Waals surface area (Å²) in [7, 11) is 0. The Kier molecular flexibility index (Phi) is 5.51. The van der Waals surface area contributed by atoms with Crippen molar-refractivity contribution in [2.45, 2.75) is 48.7 Å². The number of nitrogens with zero attached hydrogens (tertiary/aromatic N) is 2. The number of piperidine rings is 3. The second-order valence-electron chi connectivity index (χ2n) is 7.68. The van der Waals surface area contributed by atoms with Gasteiger partial charge < -0.3 is 5.32 Å². The predicted octanol–water partition coefficient (Wildman–Crippen LogP) is 3.65. The first-order chi connectivity index (χ1) is 13.5. The zero-order chi connectivity index (χ0) is 19.7. The number of pyridine rings is 1. The van der Waals surface area contributed by atoms with Crippen LogP contribution in [0.2, 0.25) is 0 Å². The third kappa shape index (κ3) is 3.98. The minimum atomic E-state index is 0.00564. The van der Waals surface area contributed by atoms with E-state index in [0.29, 0.717) is 23.1 Å². The number of amides is 1. The van der Waals surface area contributed by atoms with E-state index in [9.17, 15) is 9.59 Å². The van der Waals surface area contributed by atoms with Crippen molar-refractivity contribution >= 4 is 23.5 Å². The Bertz CT molecular complexity index is 856. The number of aromatic nitrogens is 1. The summed E-state index contributed by atoms with van der Waals surface area (Å²) in [6.45, 7) is 6.07. The van der Waals surface area contributed by atoms with Gasteiger partial charge in [-0.05, 0) is 82.1 Å². The molecule has 6 heteroatoms. The molecule has 0 unspecified atom stereocenters. The van der Waals surface area contributed by atoms with Gasteiger partial charge in [0.05, 0.1) is 0 Å². The lowest BCUT2D eigenvalue weighted by atomic mass is 9.79. The molecule has 0 saturated carbocycles. The monoisotopic (exact) mass is 395 g/mol. The molecule has 2 atom stereocenters. The van der Waals surface area contributed by atoms with E-state index in [1.165, 1.54) is 31.5 Å². The Hall–Kier alpha value is -2.18. The number of ketones is 1. The number of fused-ring (bicyclic) bond motifs is 3. The smallest absolute Gasteiger partial charge is 0.251 e. The highest BCUT2D eigenvalue weighted by atomic mass is 32.2. The molecule has 2 bridgehead atoms. The van der Waals surface area contributed by atoms with Gasteiger partial charge >= 0.3 is 0 Å². The van der Waals surface area contributed by atoms with Crippen LogP contribution in [0, 0.1) is 5.92 Å². The maximum absolute atomic E-state index is 12.7. The van der Waals surface area contributed by atoms with Crippen LogP contribution in [0.1, 0.15) is 47.4 Å². The largest absolute Gasteiger partial charge is 0.347 e. The molecule has 1 aromatic heterocycles. The zero-order valence-corrected chi connectivity index (χ0v) is 17.0. The first kappa shape index (κ1) is 19.2. The van der Waals surface area contributed by atoms with Gasteiger partial charge in [-0.15, -0.1) is 0 Å². The molecule has 4 heterocycles. The normalized spacial score (nSPS) is 26.1. The van der Waals surface area contributed by atoms with Crippen molar-refractivity contribution in [1.82, 2.24) is 15.2 Å². The summed E-state index contributed by atoms with van der Waals surface area (Å²) >= 11 is 1.51. The summed E-state index contributed by atoms with van der Waals surface area (Å²) in [6.07, 6.45) is 3.96. The van der Waals surface area contributed by atoms with E-state index in [4.69, 9.17) is 0 Å². The summed E-state index contributed by atoms with van der Waals surface area (Å²) in [4.78, 5) is 31.9. The van der Waals surface area contributed by atoms with E-state index in [1.54, 1.807) is 12.3 Å². The van der Waals surface area contributed by atoms with Crippen LogP contribution >= 0.6 is 11.8 Å². The van der Waals surface area contributed by atoms with Crippen molar-refractivity contribution in [3.05, 3.63) is 53.7 Å². The molecule has 28 heavy (non-hydrogen) atoms. The van der Waals surface area contributed by atoms with Crippen molar-refractivity contribution in [2.24, 2.45) is 5.92 Å². The number of Topliss-reactive ketones (excluding diaryl/α,β-unsaturated/α-hetero) is 1. The van der Waals surface area contributed by atoms with Crippen LogP contribution in [-0.2, 0) is 0 Å². The molecule has 1 N–H and O–H groups in total. The summed E-state index contributed by atoms with van der Waals surface area (Å²) < 4.78 is 0. The minimum Gasteiger partial charge on any atom is -0.347 e. The maximum Gasteiger partial charge on any atom is 0.251 e. The Morgan fingerprint density at radius 2 is 1.75 bits per heavy atom. The zero-order valence-electron chi connectivity index (χ0n) is 16.2. The summed E-state index contributed by atoms with van der Waals surface area (Å²) in [5.41, 5.74) is 1.30. The fraction of sp³-hybridized carbons (Fsp3) is 0.409. The summed E-state index contributed by atoms with van der Waals surface area (Å²) in [5.74, 6) is 0.616. The Morgan fingerprint density at radius 1 is 1.07 bits per heavy atom. The first-order valence-electron chi connectivity index (χ1n) is 9.81.